The Hall–Kier alpha value is -2.66. The molecular formula is C20H19ClN2O3. The molecule has 6 heteroatoms. The molecule has 0 saturated heterocycles. The van der Waals surface area contributed by atoms with Gasteiger partial charge in [0.05, 0.1) is 6.61 Å². The second-order valence-electron chi connectivity index (χ2n) is 6.34. The second-order valence-corrected chi connectivity index (χ2v) is 6.78. The quantitative estimate of drug-likeness (QED) is 0.691. The van der Waals surface area contributed by atoms with Crippen LogP contribution >= 0.6 is 11.6 Å². The van der Waals surface area contributed by atoms with E-state index in [0.29, 0.717) is 18.2 Å². The van der Waals surface area contributed by atoms with E-state index in [2.05, 4.69) is 4.98 Å². The predicted molar refractivity (Wildman–Crippen MR) is 101 cm³/mol. The number of nitrogens with zero attached hydrogens (tertiary/aromatic N) is 1. The average Bonchev–Trinajstić information content (AvgIpc) is 3.00. The second kappa shape index (κ2) is 6.57. The Bertz CT molecular complexity index is 965. The molecule has 3 aromatic rings. The summed E-state index contributed by atoms with van der Waals surface area (Å²) >= 11 is 6.18. The van der Waals surface area contributed by atoms with Crippen LogP contribution in [0.2, 0.25) is 5.02 Å². The van der Waals surface area contributed by atoms with Gasteiger partial charge in [0.15, 0.2) is 0 Å². The first-order chi connectivity index (χ1) is 12.6. The Morgan fingerprint density at radius 2 is 2.08 bits per heavy atom. The number of phenolic OH excluding ortho intramolecular Hbond substituents is 1. The van der Waals surface area contributed by atoms with Crippen LogP contribution in [0.1, 0.15) is 29.8 Å². The summed E-state index contributed by atoms with van der Waals surface area (Å²) in [4.78, 5) is 17.7. The van der Waals surface area contributed by atoms with Gasteiger partial charge < -0.3 is 14.8 Å². The van der Waals surface area contributed by atoms with Crippen molar-refractivity contribution in [3.05, 3.63) is 64.3 Å². The maximum absolute atomic E-state index is 12.5. The zero-order chi connectivity index (χ0) is 18.3. The Morgan fingerprint density at radius 1 is 1.31 bits per heavy atom. The largest absolute Gasteiger partial charge is 0.508 e. The standard InChI is InChI=1S/C20H19ClN2O3/c1-2-26-20(25)23-10-9-15-16-11-13(21)5-8-17(16)22-18(15)19(23)12-3-6-14(24)7-4-12/h3-8,11,19,22,24H,2,9-10H2,1H3. The smallest absolute Gasteiger partial charge is 0.410 e. The lowest BCUT2D eigenvalue weighted by atomic mass is 9.92. The lowest BCUT2D eigenvalue weighted by Gasteiger charge is -2.35. The molecule has 0 bridgehead atoms. The number of carbonyl (C=O) groups is 1. The van der Waals surface area contributed by atoms with E-state index in [0.717, 1.165) is 28.6 Å². The first-order valence-corrected chi connectivity index (χ1v) is 8.98. The van der Waals surface area contributed by atoms with Crippen molar-refractivity contribution in [1.82, 2.24) is 9.88 Å². The number of amides is 1. The van der Waals surface area contributed by atoms with Gasteiger partial charge in [-0.3, -0.25) is 4.90 Å². The molecule has 0 spiro atoms. The maximum Gasteiger partial charge on any atom is 0.410 e. The van der Waals surface area contributed by atoms with Crippen LogP contribution in [0.4, 0.5) is 4.79 Å². The first kappa shape index (κ1) is 16.8. The van der Waals surface area contributed by atoms with Crippen molar-refractivity contribution in [2.24, 2.45) is 0 Å². The third-order valence-electron chi connectivity index (χ3n) is 4.80. The third kappa shape index (κ3) is 2.78. The molecule has 1 atom stereocenters. The number of ether oxygens (including phenoxy) is 1. The van der Waals surface area contributed by atoms with Gasteiger partial charge >= 0.3 is 6.09 Å². The molecule has 1 aliphatic rings. The number of phenols is 1. The highest BCUT2D eigenvalue weighted by molar-refractivity contribution is 6.31. The van der Waals surface area contributed by atoms with E-state index in [1.54, 1.807) is 24.0 Å². The van der Waals surface area contributed by atoms with Crippen molar-refractivity contribution in [3.63, 3.8) is 0 Å². The lowest BCUT2D eigenvalue weighted by Crippen LogP contribution is -2.40. The summed E-state index contributed by atoms with van der Waals surface area (Å²) < 4.78 is 5.27. The number of H-pyrrole nitrogens is 1. The Kier molecular flexibility index (Phi) is 4.24. The fourth-order valence-corrected chi connectivity index (χ4v) is 3.84. The minimum atomic E-state index is -0.340. The summed E-state index contributed by atoms with van der Waals surface area (Å²) in [6, 6.07) is 12.4. The van der Waals surface area contributed by atoms with Gasteiger partial charge in [-0.15, -0.1) is 0 Å². The van der Waals surface area contributed by atoms with Gasteiger partial charge in [-0.1, -0.05) is 23.7 Å². The molecule has 134 valence electrons. The topological polar surface area (TPSA) is 65.6 Å². The molecule has 1 amide bonds. The molecule has 1 aliphatic heterocycles. The minimum Gasteiger partial charge on any atom is -0.508 e. The number of aromatic hydroxyl groups is 1. The number of benzene rings is 2. The van der Waals surface area contributed by atoms with Gasteiger partial charge in [-0.2, -0.15) is 0 Å². The van der Waals surface area contributed by atoms with Crippen LogP contribution < -0.4 is 0 Å². The number of halogens is 1. The van der Waals surface area contributed by atoms with E-state index < -0.39 is 0 Å². The van der Waals surface area contributed by atoms with Gasteiger partial charge in [-0.05, 0) is 54.8 Å². The summed E-state index contributed by atoms with van der Waals surface area (Å²) in [5, 5.41) is 11.4. The molecule has 2 N–H and O–H groups in total. The van der Waals surface area contributed by atoms with Crippen molar-refractivity contribution in [3.8, 4) is 5.75 Å². The summed E-state index contributed by atoms with van der Waals surface area (Å²) in [7, 11) is 0. The number of aromatic nitrogens is 1. The molecule has 5 nitrogen and oxygen atoms in total. The highest BCUT2D eigenvalue weighted by atomic mass is 35.5. The number of nitrogens with one attached hydrogen (secondary N) is 1. The Labute approximate surface area is 156 Å². The van der Waals surface area contributed by atoms with Crippen molar-refractivity contribution in [2.45, 2.75) is 19.4 Å². The van der Waals surface area contributed by atoms with E-state index in [-0.39, 0.29) is 17.9 Å². The zero-order valence-electron chi connectivity index (χ0n) is 14.3. The van der Waals surface area contributed by atoms with Gasteiger partial charge in [-0.25, -0.2) is 4.79 Å². The van der Waals surface area contributed by atoms with Crippen LogP contribution in [0.5, 0.6) is 5.75 Å². The Morgan fingerprint density at radius 3 is 2.81 bits per heavy atom. The van der Waals surface area contributed by atoms with Gasteiger partial charge in [0, 0.05) is 28.2 Å². The summed E-state index contributed by atoms with van der Waals surface area (Å²) in [6.45, 7) is 2.68. The SMILES string of the molecule is CCOC(=O)N1CCc2c([nH]c3ccc(Cl)cc23)C1c1ccc(O)cc1. The normalized spacial score (nSPS) is 16.5. The molecule has 2 aromatic carbocycles. The van der Waals surface area contributed by atoms with Gasteiger partial charge in [0.2, 0.25) is 0 Å². The molecule has 2 heterocycles. The number of carbonyl (C=O) groups excluding carboxylic acids is 1. The molecule has 0 saturated carbocycles. The summed E-state index contributed by atoms with van der Waals surface area (Å²) in [5.41, 5.74) is 4.04. The van der Waals surface area contributed by atoms with Crippen molar-refractivity contribution in [2.75, 3.05) is 13.2 Å². The van der Waals surface area contributed by atoms with Crippen LogP contribution in [0.25, 0.3) is 10.9 Å². The van der Waals surface area contributed by atoms with E-state index in [1.165, 1.54) is 5.56 Å². The summed E-state index contributed by atoms with van der Waals surface area (Å²) in [5.74, 6) is 0.191. The van der Waals surface area contributed by atoms with Crippen LogP contribution in [0.3, 0.4) is 0 Å². The summed E-state index contributed by atoms with van der Waals surface area (Å²) in [6.07, 6.45) is 0.385. The number of hydrogen-bond donors (Lipinski definition) is 2. The lowest BCUT2D eigenvalue weighted by molar-refractivity contribution is 0.0932. The van der Waals surface area contributed by atoms with Gasteiger partial charge in [0.25, 0.3) is 0 Å². The van der Waals surface area contributed by atoms with Crippen LogP contribution in [-0.2, 0) is 11.2 Å². The molecule has 1 unspecified atom stereocenters. The Balaban J connectivity index is 1.88. The third-order valence-corrected chi connectivity index (χ3v) is 5.04. The van der Waals surface area contributed by atoms with E-state index >= 15 is 0 Å². The molecule has 26 heavy (non-hydrogen) atoms. The number of aromatic amines is 1. The van der Waals surface area contributed by atoms with E-state index in [4.69, 9.17) is 16.3 Å². The average molecular weight is 371 g/mol. The highest BCUT2D eigenvalue weighted by Gasteiger charge is 2.35. The molecule has 0 aliphatic carbocycles. The molecule has 0 fully saturated rings. The monoisotopic (exact) mass is 370 g/mol. The fourth-order valence-electron chi connectivity index (χ4n) is 3.67. The van der Waals surface area contributed by atoms with Crippen LogP contribution in [0.15, 0.2) is 42.5 Å². The number of hydrogen-bond acceptors (Lipinski definition) is 3. The number of fused-ring (bicyclic) bond motifs is 3. The van der Waals surface area contributed by atoms with Crippen molar-refractivity contribution < 1.29 is 14.6 Å². The van der Waals surface area contributed by atoms with Crippen LogP contribution in [0, 0.1) is 0 Å². The fraction of sp³-hybridized carbons (Fsp3) is 0.250. The minimum absolute atomic E-state index is 0.191. The highest BCUT2D eigenvalue weighted by Crippen LogP contribution is 2.39. The molecule has 4 rings (SSSR count). The van der Waals surface area contributed by atoms with Crippen molar-refractivity contribution >= 4 is 28.6 Å². The first-order valence-electron chi connectivity index (χ1n) is 8.60. The van der Waals surface area contributed by atoms with Crippen LogP contribution in [-0.4, -0.2) is 34.2 Å². The number of rotatable bonds is 2. The maximum atomic E-state index is 12.5. The molecular weight excluding hydrogens is 352 g/mol. The van der Waals surface area contributed by atoms with E-state index in [9.17, 15) is 9.90 Å². The molecule has 1 aromatic heterocycles. The predicted octanol–water partition coefficient (Wildman–Crippen LogP) is 4.63. The zero-order valence-corrected chi connectivity index (χ0v) is 15.1. The van der Waals surface area contributed by atoms with Gasteiger partial charge in [0.1, 0.15) is 11.8 Å². The van der Waals surface area contributed by atoms with E-state index in [1.807, 2.05) is 30.3 Å². The van der Waals surface area contributed by atoms with Crippen molar-refractivity contribution in [1.29, 1.82) is 0 Å². The molecule has 0 radical (unpaired) electrons.